The lowest BCUT2D eigenvalue weighted by Gasteiger charge is -2.11. The minimum atomic E-state index is -0.587. The van der Waals surface area contributed by atoms with Gasteiger partial charge in [0.2, 0.25) is 6.79 Å². The number of likely N-dealkylation sites (N-methyl/N-ethyl adjacent to an activating group) is 1. The molecule has 8 heteroatoms. The molecule has 0 radical (unpaired) electrons. The number of likely N-dealkylation sites (tertiary alicyclic amines) is 1. The fourth-order valence-corrected chi connectivity index (χ4v) is 3.55. The molecule has 1 aromatic carbocycles. The Bertz CT molecular complexity index is 877. The highest BCUT2D eigenvalue weighted by atomic mass is 16.7. The molecule has 1 unspecified atom stereocenters. The van der Waals surface area contributed by atoms with E-state index in [-0.39, 0.29) is 11.9 Å². The first-order valence-corrected chi connectivity index (χ1v) is 9.74. The van der Waals surface area contributed by atoms with E-state index in [9.17, 15) is 9.59 Å². The molecule has 0 aliphatic carbocycles. The van der Waals surface area contributed by atoms with Crippen molar-refractivity contribution in [2.45, 2.75) is 12.8 Å². The Hall–Kier alpha value is -2.58. The van der Waals surface area contributed by atoms with Crippen molar-refractivity contribution in [2.24, 2.45) is 5.92 Å². The van der Waals surface area contributed by atoms with Crippen LogP contribution >= 0.6 is 0 Å². The second-order valence-electron chi connectivity index (χ2n) is 7.70. The zero-order valence-corrected chi connectivity index (χ0v) is 17.5. The maximum atomic E-state index is 12.7. The van der Waals surface area contributed by atoms with Crippen LogP contribution in [0, 0.1) is 5.92 Å². The molecule has 0 spiro atoms. The van der Waals surface area contributed by atoms with Gasteiger partial charge in [0.1, 0.15) is 5.75 Å². The number of carbonyl (C=O) groups excluding carboxylic acids is 2. The van der Waals surface area contributed by atoms with Crippen molar-refractivity contribution in [1.29, 1.82) is 0 Å². The van der Waals surface area contributed by atoms with Gasteiger partial charge in [-0.25, -0.2) is 4.79 Å². The Kier molecular flexibility index (Phi) is 6.76. The van der Waals surface area contributed by atoms with Crippen LogP contribution in [0.25, 0.3) is 10.9 Å². The Balaban J connectivity index is 1.69. The number of carbonyl (C=O) groups is 2. The number of methoxy groups -OCH3 is 1. The second-order valence-corrected chi connectivity index (χ2v) is 7.70. The summed E-state index contributed by atoms with van der Waals surface area (Å²) in [5.74, 6) is 0.168. The molecule has 0 bridgehead atoms. The van der Waals surface area contributed by atoms with Crippen LogP contribution in [0.5, 0.6) is 5.75 Å². The first kappa shape index (κ1) is 21.1. The summed E-state index contributed by atoms with van der Waals surface area (Å²) in [5.41, 5.74) is 1.74. The van der Waals surface area contributed by atoms with Gasteiger partial charge in [0.05, 0.1) is 18.5 Å². The SMILES string of the molecule is COc1ccc2c(CCN(C)C)cn(C(=O)OCOC(=O)C3CCN(C)C3)c2c1. The number of esters is 1. The van der Waals surface area contributed by atoms with Crippen LogP contribution in [-0.4, -0.2) is 81.1 Å². The van der Waals surface area contributed by atoms with E-state index in [0.29, 0.717) is 17.8 Å². The van der Waals surface area contributed by atoms with Crippen molar-refractivity contribution >= 4 is 23.0 Å². The molecule has 8 nitrogen and oxygen atoms in total. The zero-order chi connectivity index (χ0) is 21.0. The average Bonchev–Trinajstić information content (AvgIpc) is 3.29. The van der Waals surface area contributed by atoms with Crippen LogP contribution < -0.4 is 4.74 Å². The number of fused-ring (bicyclic) bond motifs is 1. The minimum Gasteiger partial charge on any atom is -0.497 e. The van der Waals surface area contributed by atoms with Gasteiger partial charge in [-0.05, 0) is 58.2 Å². The number of rotatable bonds is 7. The highest BCUT2D eigenvalue weighted by Crippen LogP contribution is 2.26. The van der Waals surface area contributed by atoms with Crippen molar-refractivity contribution in [3.63, 3.8) is 0 Å². The van der Waals surface area contributed by atoms with Gasteiger partial charge in [0, 0.05) is 30.7 Å². The molecule has 0 saturated carbocycles. The number of nitrogens with zero attached hydrogens (tertiary/aromatic N) is 3. The first-order valence-electron chi connectivity index (χ1n) is 9.74. The lowest BCUT2D eigenvalue weighted by Crippen LogP contribution is -2.24. The van der Waals surface area contributed by atoms with Crippen LogP contribution in [0.15, 0.2) is 24.4 Å². The van der Waals surface area contributed by atoms with Gasteiger partial charge in [0.25, 0.3) is 0 Å². The largest absolute Gasteiger partial charge is 0.497 e. The van der Waals surface area contributed by atoms with Gasteiger partial charge in [-0.1, -0.05) is 0 Å². The zero-order valence-electron chi connectivity index (χ0n) is 17.5. The average molecular weight is 403 g/mol. The normalized spacial score (nSPS) is 17.1. The Morgan fingerprint density at radius 1 is 1.24 bits per heavy atom. The first-order chi connectivity index (χ1) is 13.9. The number of ether oxygens (including phenoxy) is 3. The van der Waals surface area contributed by atoms with Crippen LogP contribution in [0.4, 0.5) is 4.79 Å². The summed E-state index contributed by atoms with van der Waals surface area (Å²) in [6.07, 6.45) is 2.75. The van der Waals surface area contributed by atoms with Crippen molar-refractivity contribution in [3.05, 3.63) is 30.0 Å². The number of hydrogen-bond acceptors (Lipinski definition) is 7. The van der Waals surface area contributed by atoms with E-state index in [4.69, 9.17) is 14.2 Å². The van der Waals surface area contributed by atoms with E-state index in [1.54, 1.807) is 19.4 Å². The predicted octanol–water partition coefficient (Wildman–Crippen LogP) is 2.19. The molecular weight excluding hydrogens is 374 g/mol. The third-order valence-corrected chi connectivity index (χ3v) is 5.23. The lowest BCUT2D eigenvalue weighted by molar-refractivity contribution is -0.156. The third kappa shape index (κ3) is 5.07. The van der Waals surface area contributed by atoms with Gasteiger partial charge in [-0.15, -0.1) is 0 Å². The smallest absolute Gasteiger partial charge is 0.421 e. The molecule has 2 heterocycles. The van der Waals surface area contributed by atoms with Crippen LogP contribution in [0.3, 0.4) is 0 Å². The number of benzene rings is 1. The van der Waals surface area contributed by atoms with Crippen LogP contribution in [0.1, 0.15) is 12.0 Å². The predicted molar refractivity (Wildman–Crippen MR) is 109 cm³/mol. The molecule has 2 aromatic rings. The summed E-state index contributed by atoms with van der Waals surface area (Å²) < 4.78 is 17.1. The Morgan fingerprint density at radius 2 is 2.03 bits per heavy atom. The summed E-state index contributed by atoms with van der Waals surface area (Å²) in [6, 6.07) is 5.62. The van der Waals surface area contributed by atoms with E-state index < -0.39 is 12.9 Å². The van der Waals surface area contributed by atoms with Crippen molar-refractivity contribution < 1.29 is 23.8 Å². The molecular formula is C21H29N3O5. The van der Waals surface area contributed by atoms with Crippen LogP contribution in [0.2, 0.25) is 0 Å². The standard InChI is InChI=1S/C21H29N3O5/c1-22(2)9-7-15-13-24(19-11-17(27-4)5-6-18(15)19)21(26)29-14-28-20(25)16-8-10-23(3)12-16/h5-6,11,13,16H,7-10,12,14H2,1-4H3. The molecule has 1 aromatic heterocycles. The fourth-order valence-electron chi connectivity index (χ4n) is 3.55. The van der Waals surface area contributed by atoms with Gasteiger partial charge < -0.3 is 24.0 Å². The molecule has 1 aliphatic heterocycles. The quantitative estimate of drug-likeness (QED) is 0.518. The molecule has 29 heavy (non-hydrogen) atoms. The van der Waals surface area contributed by atoms with Gasteiger partial charge in [-0.3, -0.25) is 9.36 Å². The number of aromatic nitrogens is 1. The number of hydrogen-bond donors (Lipinski definition) is 0. The minimum absolute atomic E-state index is 0.159. The van der Waals surface area contributed by atoms with E-state index >= 15 is 0 Å². The lowest BCUT2D eigenvalue weighted by atomic mass is 10.1. The highest BCUT2D eigenvalue weighted by molar-refractivity contribution is 5.92. The molecule has 158 valence electrons. The third-order valence-electron chi connectivity index (χ3n) is 5.23. The van der Waals surface area contributed by atoms with Gasteiger partial charge >= 0.3 is 12.1 Å². The van der Waals surface area contributed by atoms with Gasteiger partial charge in [0.15, 0.2) is 0 Å². The van der Waals surface area contributed by atoms with E-state index in [2.05, 4.69) is 9.80 Å². The van der Waals surface area contributed by atoms with E-state index in [1.807, 2.05) is 33.3 Å². The summed E-state index contributed by atoms with van der Waals surface area (Å²) in [7, 11) is 7.56. The Morgan fingerprint density at radius 3 is 2.69 bits per heavy atom. The van der Waals surface area contributed by atoms with Crippen molar-refractivity contribution in [1.82, 2.24) is 14.4 Å². The van der Waals surface area contributed by atoms with Crippen LogP contribution in [-0.2, 0) is 20.7 Å². The molecule has 0 N–H and O–H groups in total. The van der Waals surface area contributed by atoms with Gasteiger partial charge in [-0.2, -0.15) is 0 Å². The Labute approximate surface area is 170 Å². The summed E-state index contributed by atoms with van der Waals surface area (Å²) in [5, 5.41) is 0.968. The summed E-state index contributed by atoms with van der Waals surface area (Å²) in [4.78, 5) is 28.9. The topological polar surface area (TPSA) is 73.2 Å². The van der Waals surface area contributed by atoms with E-state index in [0.717, 1.165) is 36.9 Å². The summed E-state index contributed by atoms with van der Waals surface area (Å²) in [6.45, 7) is 2.00. The molecule has 3 rings (SSSR count). The molecule has 0 amide bonds. The van der Waals surface area contributed by atoms with Crippen molar-refractivity contribution in [3.8, 4) is 5.75 Å². The van der Waals surface area contributed by atoms with Crippen molar-refractivity contribution in [2.75, 3.05) is 54.7 Å². The highest BCUT2D eigenvalue weighted by Gasteiger charge is 2.27. The molecule has 1 atom stereocenters. The maximum absolute atomic E-state index is 12.7. The fraction of sp³-hybridized carbons (Fsp3) is 0.524. The van der Waals surface area contributed by atoms with E-state index in [1.165, 1.54) is 4.57 Å². The molecule has 1 aliphatic rings. The maximum Gasteiger partial charge on any atom is 0.421 e. The molecule has 1 fully saturated rings. The molecule has 1 saturated heterocycles. The second kappa shape index (κ2) is 9.28. The monoisotopic (exact) mass is 403 g/mol. The summed E-state index contributed by atoms with van der Waals surface area (Å²) >= 11 is 0.